The standard InChI is InChI=1S/C13H19N5/c1-17(8-10-3-2-4-10)13-6-5-12-15-11(7-14)9-18(12)16-13/h5-6,9-10H,2-4,7-8,14H2,1H3. The van der Waals surface area contributed by atoms with Crippen molar-refractivity contribution in [2.45, 2.75) is 25.8 Å². The Kier molecular flexibility index (Phi) is 2.91. The van der Waals surface area contributed by atoms with Gasteiger partial charge in [0.05, 0.1) is 11.9 Å². The van der Waals surface area contributed by atoms with Crippen LogP contribution in [0.4, 0.5) is 5.82 Å². The first kappa shape index (κ1) is 11.5. The van der Waals surface area contributed by atoms with Crippen molar-refractivity contribution in [3.63, 3.8) is 0 Å². The maximum atomic E-state index is 5.59. The molecule has 2 aromatic heterocycles. The summed E-state index contributed by atoms with van der Waals surface area (Å²) >= 11 is 0. The van der Waals surface area contributed by atoms with E-state index in [-0.39, 0.29) is 0 Å². The van der Waals surface area contributed by atoms with E-state index < -0.39 is 0 Å². The first-order valence-corrected chi connectivity index (χ1v) is 6.53. The van der Waals surface area contributed by atoms with Gasteiger partial charge in [-0.3, -0.25) is 0 Å². The number of hydrogen-bond donors (Lipinski definition) is 1. The molecule has 0 aromatic carbocycles. The van der Waals surface area contributed by atoms with Gasteiger partial charge in [-0.15, -0.1) is 5.10 Å². The Morgan fingerprint density at radius 1 is 1.44 bits per heavy atom. The molecule has 1 aliphatic carbocycles. The third-order valence-corrected chi connectivity index (χ3v) is 3.71. The molecular formula is C13H19N5. The van der Waals surface area contributed by atoms with E-state index in [9.17, 15) is 0 Å². The van der Waals surface area contributed by atoms with Gasteiger partial charge in [-0.1, -0.05) is 6.42 Å². The lowest BCUT2D eigenvalue weighted by atomic mass is 9.85. The monoisotopic (exact) mass is 245 g/mol. The molecule has 5 heteroatoms. The Morgan fingerprint density at radius 3 is 2.94 bits per heavy atom. The summed E-state index contributed by atoms with van der Waals surface area (Å²) in [5, 5.41) is 4.58. The molecule has 0 amide bonds. The van der Waals surface area contributed by atoms with E-state index in [1.54, 1.807) is 0 Å². The van der Waals surface area contributed by atoms with Gasteiger partial charge in [0.1, 0.15) is 5.82 Å². The predicted octanol–water partition coefficient (Wildman–Crippen LogP) is 1.42. The van der Waals surface area contributed by atoms with Crippen LogP contribution in [0.2, 0.25) is 0 Å². The number of nitrogens with two attached hydrogens (primary N) is 1. The summed E-state index contributed by atoms with van der Waals surface area (Å²) in [6.07, 6.45) is 5.99. The molecule has 1 saturated carbocycles. The molecule has 0 spiro atoms. The van der Waals surface area contributed by atoms with Gasteiger partial charge in [-0.25, -0.2) is 9.50 Å². The summed E-state index contributed by atoms with van der Waals surface area (Å²) in [5.41, 5.74) is 7.32. The number of nitrogens with zero attached hydrogens (tertiary/aromatic N) is 4. The largest absolute Gasteiger partial charge is 0.358 e. The molecule has 5 nitrogen and oxygen atoms in total. The van der Waals surface area contributed by atoms with Gasteiger partial charge >= 0.3 is 0 Å². The number of rotatable bonds is 4. The van der Waals surface area contributed by atoms with Gasteiger partial charge in [0.2, 0.25) is 0 Å². The smallest absolute Gasteiger partial charge is 0.153 e. The second-order valence-electron chi connectivity index (χ2n) is 5.11. The number of hydrogen-bond acceptors (Lipinski definition) is 4. The average Bonchev–Trinajstić information content (AvgIpc) is 2.75. The number of aromatic nitrogens is 3. The minimum atomic E-state index is 0.455. The first-order valence-electron chi connectivity index (χ1n) is 6.53. The van der Waals surface area contributed by atoms with Crippen LogP contribution in [-0.2, 0) is 6.54 Å². The maximum Gasteiger partial charge on any atom is 0.153 e. The fraction of sp³-hybridized carbons (Fsp3) is 0.538. The molecule has 0 bridgehead atoms. The molecule has 1 aliphatic rings. The van der Waals surface area contributed by atoms with Gasteiger partial charge < -0.3 is 10.6 Å². The lowest BCUT2D eigenvalue weighted by molar-refractivity contribution is 0.321. The van der Waals surface area contributed by atoms with Crippen molar-refractivity contribution in [3.8, 4) is 0 Å². The molecule has 2 heterocycles. The van der Waals surface area contributed by atoms with E-state index in [0.717, 1.165) is 29.6 Å². The summed E-state index contributed by atoms with van der Waals surface area (Å²) in [6.45, 7) is 1.55. The van der Waals surface area contributed by atoms with Crippen molar-refractivity contribution in [1.82, 2.24) is 14.6 Å². The molecule has 3 rings (SSSR count). The van der Waals surface area contributed by atoms with Crippen LogP contribution in [0.1, 0.15) is 25.0 Å². The topological polar surface area (TPSA) is 59.5 Å². The zero-order valence-corrected chi connectivity index (χ0v) is 10.7. The minimum absolute atomic E-state index is 0.455. The van der Waals surface area contributed by atoms with E-state index >= 15 is 0 Å². The quantitative estimate of drug-likeness (QED) is 0.885. The van der Waals surface area contributed by atoms with Gasteiger partial charge in [-0.05, 0) is 30.9 Å². The maximum absolute atomic E-state index is 5.59. The molecule has 0 unspecified atom stereocenters. The molecule has 96 valence electrons. The van der Waals surface area contributed by atoms with Crippen LogP contribution in [0.25, 0.3) is 5.65 Å². The molecule has 0 radical (unpaired) electrons. The Hall–Kier alpha value is -1.62. The van der Waals surface area contributed by atoms with Crippen molar-refractivity contribution < 1.29 is 0 Å². The second-order valence-corrected chi connectivity index (χ2v) is 5.11. The third kappa shape index (κ3) is 2.06. The Balaban J connectivity index is 1.82. The SMILES string of the molecule is CN(CC1CCC1)c1ccc2nc(CN)cn2n1. The molecule has 2 N–H and O–H groups in total. The van der Waals surface area contributed by atoms with Gasteiger partial charge in [0.25, 0.3) is 0 Å². The van der Waals surface area contributed by atoms with Crippen LogP contribution in [0.3, 0.4) is 0 Å². The second kappa shape index (κ2) is 4.57. The van der Waals surface area contributed by atoms with Crippen molar-refractivity contribution in [2.24, 2.45) is 11.7 Å². The Morgan fingerprint density at radius 2 is 2.28 bits per heavy atom. The first-order chi connectivity index (χ1) is 8.76. The van der Waals surface area contributed by atoms with Crippen LogP contribution >= 0.6 is 0 Å². The van der Waals surface area contributed by atoms with Crippen LogP contribution in [-0.4, -0.2) is 28.2 Å². The number of fused-ring (bicyclic) bond motifs is 1. The lowest BCUT2D eigenvalue weighted by Gasteiger charge is -2.30. The van der Waals surface area contributed by atoms with E-state index in [4.69, 9.17) is 5.73 Å². The highest BCUT2D eigenvalue weighted by Gasteiger charge is 2.19. The van der Waals surface area contributed by atoms with Gasteiger partial charge in [-0.2, -0.15) is 0 Å². The van der Waals surface area contributed by atoms with E-state index in [1.807, 2.05) is 22.8 Å². The number of imidazole rings is 1. The molecular weight excluding hydrogens is 226 g/mol. The van der Waals surface area contributed by atoms with Crippen molar-refractivity contribution >= 4 is 11.5 Å². The average molecular weight is 245 g/mol. The summed E-state index contributed by atoms with van der Waals surface area (Å²) < 4.78 is 1.81. The fourth-order valence-electron chi connectivity index (χ4n) is 2.38. The Labute approximate surface area is 107 Å². The molecule has 0 aliphatic heterocycles. The normalized spacial score (nSPS) is 15.9. The van der Waals surface area contributed by atoms with Gasteiger partial charge in [0, 0.05) is 20.1 Å². The van der Waals surface area contributed by atoms with E-state index in [1.165, 1.54) is 19.3 Å². The highest BCUT2D eigenvalue weighted by Crippen LogP contribution is 2.27. The van der Waals surface area contributed by atoms with Crippen molar-refractivity contribution in [2.75, 3.05) is 18.5 Å². The van der Waals surface area contributed by atoms with E-state index in [0.29, 0.717) is 6.54 Å². The van der Waals surface area contributed by atoms with Gasteiger partial charge in [0.15, 0.2) is 5.65 Å². The molecule has 2 aromatic rings. The summed E-state index contributed by atoms with van der Waals surface area (Å²) in [5.74, 6) is 1.84. The lowest BCUT2D eigenvalue weighted by Crippen LogP contribution is -2.30. The molecule has 0 atom stereocenters. The van der Waals surface area contributed by atoms with Crippen LogP contribution in [0.15, 0.2) is 18.3 Å². The molecule has 0 saturated heterocycles. The van der Waals surface area contributed by atoms with Crippen LogP contribution in [0.5, 0.6) is 0 Å². The van der Waals surface area contributed by atoms with Crippen LogP contribution in [0, 0.1) is 5.92 Å². The molecule has 18 heavy (non-hydrogen) atoms. The Bertz CT molecular complexity index is 543. The minimum Gasteiger partial charge on any atom is -0.358 e. The zero-order valence-electron chi connectivity index (χ0n) is 10.7. The van der Waals surface area contributed by atoms with Crippen molar-refractivity contribution in [3.05, 3.63) is 24.0 Å². The highest BCUT2D eigenvalue weighted by molar-refractivity contribution is 5.46. The van der Waals surface area contributed by atoms with Crippen molar-refractivity contribution in [1.29, 1.82) is 0 Å². The number of anilines is 1. The highest BCUT2D eigenvalue weighted by atomic mass is 15.3. The van der Waals surface area contributed by atoms with E-state index in [2.05, 4.69) is 22.0 Å². The molecule has 1 fully saturated rings. The summed E-state index contributed by atoms with van der Waals surface area (Å²) in [7, 11) is 2.10. The zero-order chi connectivity index (χ0) is 12.5. The summed E-state index contributed by atoms with van der Waals surface area (Å²) in [4.78, 5) is 6.60. The summed E-state index contributed by atoms with van der Waals surface area (Å²) in [6, 6.07) is 4.03. The predicted molar refractivity (Wildman–Crippen MR) is 71.5 cm³/mol. The third-order valence-electron chi connectivity index (χ3n) is 3.71. The fourth-order valence-corrected chi connectivity index (χ4v) is 2.38. The van der Waals surface area contributed by atoms with Crippen LogP contribution < -0.4 is 10.6 Å².